The first kappa shape index (κ1) is 13.1. The highest BCUT2D eigenvalue weighted by Crippen LogP contribution is 2.49. The van der Waals surface area contributed by atoms with Crippen LogP contribution in [0.5, 0.6) is 0 Å². The van der Waals surface area contributed by atoms with Gasteiger partial charge in [-0.25, -0.2) is 0 Å². The highest BCUT2D eigenvalue weighted by Gasteiger charge is 2.53. The molecule has 3 rings (SSSR count). The van der Waals surface area contributed by atoms with Crippen LogP contribution in [0.1, 0.15) is 18.4 Å². The maximum Gasteiger partial charge on any atom is 0.246 e. The molecule has 2 fully saturated rings. The van der Waals surface area contributed by atoms with Crippen LogP contribution in [0.25, 0.3) is 0 Å². The molecule has 0 atom stereocenters. The smallest absolute Gasteiger partial charge is 0.246 e. The topological polar surface area (TPSA) is 66.5 Å². The molecule has 1 heterocycles. The molecule has 0 bridgehead atoms. The van der Waals surface area contributed by atoms with Crippen LogP contribution >= 0.6 is 11.6 Å². The van der Waals surface area contributed by atoms with Gasteiger partial charge in [-0.15, -0.1) is 0 Å². The molecule has 20 heavy (non-hydrogen) atoms. The van der Waals surface area contributed by atoms with Crippen molar-refractivity contribution in [1.29, 1.82) is 0 Å². The number of benzene rings is 1. The van der Waals surface area contributed by atoms with Crippen molar-refractivity contribution in [3.8, 4) is 0 Å². The van der Waals surface area contributed by atoms with E-state index in [9.17, 15) is 14.4 Å². The number of imide groups is 1. The number of amides is 3. The summed E-state index contributed by atoms with van der Waals surface area (Å²) in [6, 6.07) is 7.16. The third-order valence-corrected chi connectivity index (χ3v) is 4.04. The monoisotopic (exact) mass is 292 g/mol. The fourth-order valence-electron chi connectivity index (χ4n) is 2.60. The minimum atomic E-state index is -0.581. The van der Waals surface area contributed by atoms with E-state index in [0.717, 1.165) is 18.4 Å². The van der Waals surface area contributed by atoms with Crippen LogP contribution in [-0.2, 0) is 19.8 Å². The zero-order valence-corrected chi connectivity index (χ0v) is 11.4. The van der Waals surface area contributed by atoms with Crippen molar-refractivity contribution >= 4 is 29.3 Å². The van der Waals surface area contributed by atoms with Crippen LogP contribution in [0.15, 0.2) is 24.3 Å². The molecule has 1 saturated carbocycles. The van der Waals surface area contributed by atoms with Crippen molar-refractivity contribution < 1.29 is 14.4 Å². The van der Waals surface area contributed by atoms with E-state index in [1.54, 1.807) is 12.1 Å². The molecule has 2 aliphatic rings. The van der Waals surface area contributed by atoms with Gasteiger partial charge in [-0.05, 0) is 30.5 Å². The minimum absolute atomic E-state index is 0.0556. The lowest BCUT2D eigenvalue weighted by molar-refractivity contribution is -0.146. The molecule has 3 amide bonds. The predicted molar refractivity (Wildman–Crippen MR) is 72.1 cm³/mol. The SMILES string of the molecule is O=C1CN(C(=O)C2(c3ccc(Cl)cc3)CC2)CC(=O)N1. The Hall–Kier alpha value is -1.88. The molecule has 1 aromatic carbocycles. The van der Waals surface area contributed by atoms with Crippen molar-refractivity contribution in [3.63, 3.8) is 0 Å². The molecule has 0 aromatic heterocycles. The van der Waals surface area contributed by atoms with Gasteiger partial charge in [-0.2, -0.15) is 0 Å². The number of rotatable bonds is 2. The summed E-state index contributed by atoms with van der Waals surface area (Å²) in [5.74, 6) is -1.01. The van der Waals surface area contributed by atoms with Gasteiger partial charge in [0.1, 0.15) is 13.1 Å². The number of piperazine rings is 1. The summed E-state index contributed by atoms with van der Waals surface area (Å²) in [6.45, 7) is -0.111. The molecule has 5 nitrogen and oxygen atoms in total. The summed E-state index contributed by atoms with van der Waals surface area (Å²) >= 11 is 5.86. The van der Waals surface area contributed by atoms with Crippen LogP contribution < -0.4 is 5.32 Å². The van der Waals surface area contributed by atoms with Crippen molar-refractivity contribution in [2.24, 2.45) is 0 Å². The molecular weight excluding hydrogens is 280 g/mol. The average molecular weight is 293 g/mol. The minimum Gasteiger partial charge on any atom is -0.323 e. The van der Waals surface area contributed by atoms with E-state index in [0.29, 0.717) is 5.02 Å². The molecule has 1 N–H and O–H groups in total. The number of carbonyl (C=O) groups is 3. The van der Waals surface area contributed by atoms with Crippen LogP contribution in [-0.4, -0.2) is 35.7 Å². The maximum atomic E-state index is 12.6. The zero-order valence-electron chi connectivity index (χ0n) is 10.7. The van der Waals surface area contributed by atoms with E-state index in [4.69, 9.17) is 11.6 Å². The number of hydrogen-bond acceptors (Lipinski definition) is 3. The molecule has 6 heteroatoms. The average Bonchev–Trinajstić information content (AvgIpc) is 3.19. The van der Waals surface area contributed by atoms with Crippen molar-refractivity contribution in [2.45, 2.75) is 18.3 Å². The van der Waals surface area contributed by atoms with E-state index in [1.165, 1.54) is 4.90 Å². The van der Waals surface area contributed by atoms with Gasteiger partial charge in [0.05, 0.1) is 5.41 Å². The van der Waals surface area contributed by atoms with Crippen LogP contribution in [0.2, 0.25) is 5.02 Å². The third-order valence-electron chi connectivity index (χ3n) is 3.79. The van der Waals surface area contributed by atoms with Crippen molar-refractivity contribution in [3.05, 3.63) is 34.9 Å². The standard InChI is InChI=1S/C14H13ClN2O3/c15-10-3-1-9(2-4-10)14(5-6-14)13(20)17-7-11(18)16-12(19)8-17/h1-4H,5-8H2,(H,16,18,19). The Bertz CT molecular complexity index is 577. The fourth-order valence-corrected chi connectivity index (χ4v) is 2.73. The zero-order chi connectivity index (χ0) is 14.3. The van der Waals surface area contributed by atoms with E-state index in [2.05, 4.69) is 5.32 Å². The second kappa shape index (κ2) is 4.59. The molecule has 0 radical (unpaired) electrons. The fraction of sp³-hybridized carbons (Fsp3) is 0.357. The Labute approximate surface area is 120 Å². The summed E-state index contributed by atoms with van der Waals surface area (Å²) in [5.41, 5.74) is 0.313. The van der Waals surface area contributed by atoms with Gasteiger partial charge in [0.15, 0.2) is 0 Å². The van der Waals surface area contributed by atoms with Gasteiger partial charge in [0.2, 0.25) is 17.7 Å². The molecule has 1 aliphatic heterocycles. The molecule has 1 aromatic rings. The molecule has 1 aliphatic carbocycles. The first-order chi connectivity index (χ1) is 9.51. The first-order valence-electron chi connectivity index (χ1n) is 6.39. The lowest BCUT2D eigenvalue weighted by Gasteiger charge is -2.29. The second-order valence-electron chi connectivity index (χ2n) is 5.22. The van der Waals surface area contributed by atoms with Crippen LogP contribution in [0.3, 0.4) is 0 Å². The molecule has 0 spiro atoms. The van der Waals surface area contributed by atoms with Gasteiger partial charge >= 0.3 is 0 Å². The number of nitrogens with one attached hydrogen (secondary N) is 1. The first-order valence-corrected chi connectivity index (χ1v) is 6.77. The molecule has 1 saturated heterocycles. The van der Waals surface area contributed by atoms with Gasteiger partial charge in [0.25, 0.3) is 0 Å². The molecule has 104 valence electrons. The Morgan fingerprint density at radius 2 is 1.65 bits per heavy atom. The third kappa shape index (κ3) is 2.18. The summed E-state index contributed by atoms with van der Waals surface area (Å²) < 4.78 is 0. The summed E-state index contributed by atoms with van der Waals surface area (Å²) in [7, 11) is 0. The quantitative estimate of drug-likeness (QED) is 0.822. The van der Waals surface area contributed by atoms with E-state index in [1.807, 2.05) is 12.1 Å². The number of halogens is 1. The summed E-state index contributed by atoms with van der Waals surface area (Å²) in [5, 5.41) is 2.81. The van der Waals surface area contributed by atoms with Crippen molar-refractivity contribution in [2.75, 3.05) is 13.1 Å². The summed E-state index contributed by atoms with van der Waals surface area (Å²) in [4.78, 5) is 36.7. The number of hydrogen-bond donors (Lipinski definition) is 1. The molecular formula is C14H13ClN2O3. The lowest BCUT2D eigenvalue weighted by Crippen LogP contribution is -2.55. The molecule has 0 unspecified atom stereocenters. The largest absolute Gasteiger partial charge is 0.323 e. The highest BCUT2D eigenvalue weighted by molar-refractivity contribution is 6.30. The lowest BCUT2D eigenvalue weighted by atomic mass is 9.94. The number of carbonyl (C=O) groups excluding carboxylic acids is 3. The van der Waals surface area contributed by atoms with Gasteiger partial charge < -0.3 is 4.90 Å². The Kier molecular flexibility index (Phi) is 3.01. The van der Waals surface area contributed by atoms with Crippen LogP contribution in [0.4, 0.5) is 0 Å². The van der Waals surface area contributed by atoms with Crippen molar-refractivity contribution in [1.82, 2.24) is 10.2 Å². The van der Waals surface area contributed by atoms with Gasteiger partial charge in [-0.3, -0.25) is 19.7 Å². The highest BCUT2D eigenvalue weighted by atomic mass is 35.5. The van der Waals surface area contributed by atoms with E-state index >= 15 is 0 Å². The Balaban J connectivity index is 1.84. The van der Waals surface area contributed by atoms with Gasteiger partial charge in [0, 0.05) is 5.02 Å². The number of nitrogens with zero attached hydrogens (tertiary/aromatic N) is 1. The predicted octanol–water partition coefficient (Wildman–Crippen LogP) is 0.857. The second-order valence-corrected chi connectivity index (χ2v) is 5.66. The normalized spacial score (nSPS) is 20.6. The van der Waals surface area contributed by atoms with Gasteiger partial charge in [-0.1, -0.05) is 23.7 Å². The Morgan fingerprint density at radius 3 is 2.15 bits per heavy atom. The Morgan fingerprint density at radius 1 is 1.10 bits per heavy atom. The van der Waals surface area contributed by atoms with E-state index < -0.39 is 17.2 Å². The van der Waals surface area contributed by atoms with E-state index in [-0.39, 0.29) is 19.0 Å². The van der Waals surface area contributed by atoms with Crippen LogP contribution in [0, 0.1) is 0 Å². The summed E-state index contributed by atoms with van der Waals surface area (Å²) in [6.07, 6.45) is 1.47. The maximum absolute atomic E-state index is 12.6.